The molecule has 3 nitrogen and oxygen atoms in total. The Bertz CT molecular complexity index is 1010. The number of halogens is 1. The second-order valence-electron chi connectivity index (χ2n) is 6.86. The molecule has 0 radical (unpaired) electrons. The quantitative estimate of drug-likeness (QED) is 0.265. The molecule has 0 unspecified atom stereocenters. The Morgan fingerprint density at radius 2 is 0.967 bits per heavy atom. The monoisotopic (exact) mass is 433 g/mol. The molecule has 30 heavy (non-hydrogen) atoms. The summed E-state index contributed by atoms with van der Waals surface area (Å²) >= 11 is 0. The van der Waals surface area contributed by atoms with E-state index >= 15 is 0 Å². The highest BCUT2D eigenvalue weighted by molar-refractivity contribution is 7.95. The standard InChI is InChI=1S/C25H21NO2P.ClH/c27-26(28)25-19-11-10-12-21(25)20-29(22-13-4-1-5-14-22,23-15-6-2-7-16-23)24-17-8-3-9-18-24;/h1-19H,20H2;1H/q+1;/p-1. The molecular weight excluding hydrogens is 413 g/mol. The number of nitro benzene ring substituents is 1. The number of nitrogens with zero attached hydrogens (tertiary/aromatic N) is 1. The van der Waals surface area contributed by atoms with Crippen LogP contribution in [0.1, 0.15) is 5.56 Å². The summed E-state index contributed by atoms with van der Waals surface area (Å²) in [6, 6.07) is 38.4. The number of para-hydroxylation sites is 1. The van der Waals surface area contributed by atoms with E-state index in [-0.39, 0.29) is 23.0 Å². The average molecular weight is 434 g/mol. The van der Waals surface area contributed by atoms with Crippen LogP contribution in [0, 0.1) is 10.1 Å². The van der Waals surface area contributed by atoms with E-state index in [9.17, 15) is 10.1 Å². The van der Waals surface area contributed by atoms with Gasteiger partial charge in [0.2, 0.25) is 0 Å². The van der Waals surface area contributed by atoms with Crippen LogP contribution in [0.2, 0.25) is 0 Å². The molecule has 0 bridgehead atoms. The Morgan fingerprint density at radius 1 is 0.600 bits per heavy atom. The largest absolute Gasteiger partial charge is 1.00 e. The van der Waals surface area contributed by atoms with Crippen LogP contribution in [0.15, 0.2) is 115 Å². The second-order valence-corrected chi connectivity index (χ2v) is 10.3. The van der Waals surface area contributed by atoms with Crippen LogP contribution in [0.3, 0.4) is 0 Å². The molecule has 0 atom stereocenters. The molecule has 0 saturated heterocycles. The van der Waals surface area contributed by atoms with Gasteiger partial charge in [0.1, 0.15) is 29.3 Å². The van der Waals surface area contributed by atoms with E-state index in [1.165, 1.54) is 15.9 Å². The van der Waals surface area contributed by atoms with Gasteiger partial charge in [0.05, 0.1) is 10.5 Å². The smallest absolute Gasteiger partial charge is 0.276 e. The molecule has 0 saturated carbocycles. The highest BCUT2D eigenvalue weighted by Crippen LogP contribution is 2.58. The lowest BCUT2D eigenvalue weighted by molar-refractivity contribution is -0.385. The van der Waals surface area contributed by atoms with Crippen molar-refractivity contribution in [3.05, 3.63) is 131 Å². The maximum Gasteiger partial charge on any atom is 0.276 e. The Hall–Kier alpha value is -3.00. The van der Waals surface area contributed by atoms with E-state index < -0.39 is 7.26 Å². The third-order valence-corrected chi connectivity index (χ3v) is 9.54. The first-order chi connectivity index (χ1) is 14.2. The van der Waals surface area contributed by atoms with Gasteiger partial charge in [-0.2, -0.15) is 0 Å². The minimum absolute atomic E-state index is 0. The van der Waals surface area contributed by atoms with Crippen LogP contribution >= 0.6 is 7.26 Å². The zero-order valence-corrected chi connectivity index (χ0v) is 17.9. The lowest BCUT2D eigenvalue weighted by Gasteiger charge is -2.27. The Balaban J connectivity index is 0.00000256. The van der Waals surface area contributed by atoms with Crippen LogP contribution in [0.25, 0.3) is 0 Å². The van der Waals surface area contributed by atoms with Crippen molar-refractivity contribution in [2.75, 3.05) is 0 Å². The van der Waals surface area contributed by atoms with Crippen LogP contribution in [0.4, 0.5) is 5.69 Å². The molecule has 0 heterocycles. The average Bonchev–Trinajstić information content (AvgIpc) is 2.79. The molecule has 4 aromatic rings. The number of hydrogen-bond donors (Lipinski definition) is 0. The van der Waals surface area contributed by atoms with E-state index in [1.807, 2.05) is 30.3 Å². The molecule has 0 N–H and O–H groups in total. The van der Waals surface area contributed by atoms with E-state index in [1.54, 1.807) is 12.1 Å². The van der Waals surface area contributed by atoms with E-state index in [0.717, 1.165) is 5.56 Å². The van der Waals surface area contributed by atoms with Crippen molar-refractivity contribution >= 4 is 28.9 Å². The number of nitro groups is 1. The van der Waals surface area contributed by atoms with Crippen LogP contribution in [0.5, 0.6) is 0 Å². The lowest BCUT2D eigenvalue weighted by atomic mass is 10.2. The second kappa shape index (κ2) is 9.67. The number of hydrogen-bond acceptors (Lipinski definition) is 2. The SMILES string of the molecule is O=[N+]([O-])c1ccccc1C[P+](c1ccccc1)(c1ccccc1)c1ccccc1.[Cl-]. The van der Waals surface area contributed by atoms with Crippen LogP contribution in [-0.4, -0.2) is 4.92 Å². The fourth-order valence-electron chi connectivity index (χ4n) is 3.85. The fraction of sp³-hybridized carbons (Fsp3) is 0.0400. The fourth-order valence-corrected chi connectivity index (χ4v) is 8.11. The van der Waals surface area contributed by atoms with Gasteiger partial charge in [-0.25, -0.2) is 0 Å². The molecule has 5 heteroatoms. The summed E-state index contributed by atoms with van der Waals surface area (Å²) in [5.74, 6) is 0. The molecule has 0 amide bonds. The summed E-state index contributed by atoms with van der Waals surface area (Å²) in [6.45, 7) is 0. The van der Waals surface area contributed by atoms with Gasteiger partial charge in [0.25, 0.3) is 5.69 Å². The zero-order valence-electron chi connectivity index (χ0n) is 16.3. The Morgan fingerprint density at radius 3 is 1.37 bits per heavy atom. The first-order valence-corrected chi connectivity index (χ1v) is 11.5. The van der Waals surface area contributed by atoms with Gasteiger partial charge in [-0.3, -0.25) is 10.1 Å². The van der Waals surface area contributed by atoms with E-state index in [2.05, 4.69) is 72.8 Å². The highest BCUT2D eigenvalue weighted by atomic mass is 35.5. The van der Waals surface area contributed by atoms with Crippen molar-refractivity contribution in [3.8, 4) is 0 Å². The van der Waals surface area contributed by atoms with Crippen molar-refractivity contribution in [2.45, 2.75) is 6.16 Å². The molecule has 0 aliphatic carbocycles. The van der Waals surface area contributed by atoms with Crippen molar-refractivity contribution in [1.82, 2.24) is 0 Å². The lowest BCUT2D eigenvalue weighted by Crippen LogP contribution is -3.00. The molecule has 0 aromatic heterocycles. The minimum Gasteiger partial charge on any atom is -1.00 e. The Kier molecular flexibility index (Phi) is 6.99. The van der Waals surface area contributed by atoms with Gasteiger partial charge in [0, 0.05) is 6.07 Å². The third kappa shape index (κ3) is 4.14. The number of benzene rings is 4. The topological polar surface area (TPSA) is 43.1 Å². The molecule has 4 aromatic carbocycles. The van der Waals surface area contributed by atoms with E-state index in [4.69, 9.17) is 0 Å². The molecule has 0 aliphatic rings. The Labute approximate surface area is 183 Å². The molecule has 0 spiro atoms. The summed E-state index contributed by atoms with van der Waals surface area (Å²) in [5, 5.41) is 15.4. The minimum atomic E-state index is -2.15. The molecule has 4 rings (SSSR count). The van der Waals surface area contributed by atoms with Crippen molar-refractivity contribution in [2.24, 2.45) is 0 Å². The van der Waals surface area contributed by atoms with Crippen LogP contribution in [-0.2, 0) is 6.16 Å². The van der Waals surface area contributed by atoms with Gasteiger partial charge in [-0.1, -0.05) is 66.7 Å². The third-order valence-electron chi connectivity index (χ3n) is 5.19. The molecule has 0 fully saturated rings. The maximum absolute atomic E-state index is 11.7. The molecule has 0 aliphatic heterocycles. The summed E-state index contributed by atoms with van der Waals surface area (Å²) < 4.78 is 0. The van der Waals surface area contributed by atoms with E-state index in [0.29, 0.717) is 6.16 Å². The highest BCUT2D eigenvalue weighted by Gasteiger charge is 2.46. The normalized spacial score (nSPS) is 10.8. The van der Waals surface area contributed by atoms with Crippen LogP contribution < -0.4 is 28.3 Å². The van der Waals surface area contributed by atoms with Gasteiger partial charge in [-0.05, 0) is 42.5 Å². The van der Waals surface area contributed by atoms with Gasteiger partial charge in [-0.15, -0.1) is 0 Å². The molecule has 150 valence electrons. The van der Waals surface area contributed by atoms with Crippen molar-refractivity contribution < 1.29 is 17.3 Å². The summed E-state index contributed by atoms with van der Waals surface area (Å²) in [6.07, 6.45) is 0.599. The van der Waals surface area contributed by atoms with Gasteiger partial charge in [0.15, 0.2) is 0 Å². The number of rotatable bonds is 6. The predicted octanol–water partition coefficient (Wildman–Crippen LogP) is 2.09. The first kappa shape index (κ1) is 21.7. The zero-order chi connectivity index (χ0) is 20.1. The summed E-state index contributed by atoms with van der Waals surface area (Å²) in [7, 11) is -2.15. The first-order valence-electron chi connectivity index (χ1n) is 9.49. The molecular formula is C25H21ClNO2P. The summed E-state index contributed by atoms with van der Waals surface area (Å²) in [4.78, 5) is 11.5. The van der Waals surface area contributed by atoms with Gasteiger partial charge >= 0.3 is 0 Å². The van der Waals surface area contributed by atoms with Crippen molar-refractivity contribution in [3.63, 3.8) is 0 Å². The van der Waals surface area contributed by atoms with Crippen molar-refractivity contribution in [1.29, 1.82) is 0 Å². The summed E-state index contributed by atoms with van der Waals surface area (Å²) in [5.41, 5.74) is 0.946. The maximum atomic E-state index is 11.7. The van der Waals surface area contributed by atoms with Gasteiger partial charge < -0.3 is 12.4 Å². The predicted molar refractivity (Wildman–Crippen MR) is 122 cm³/mol.